The maximum atomic E-state index is 11.3. The van der Waals surface area contributed by atoms with Gasteiger partial charge in [-0.05, 0) is 37.3 Å². The number of hydrogen-bond donors (Lipinski definition) is 1. The highest BCUT2D eigenvalue weighted by molar-refractivity contribution is 7.89. The Balaban J connectivity index is 2.47. The molecule has 0 heterocycles. The van der Waals surface area contributed by atoms with E-state index in [0.717, 1.165) is 10.6 Å². The van der Waals surface area contributed by atoms with E-state index in [4.69, 9.17) is 5.14 Å². The molecule has 0 spiro atoms. The van der Waals surface area contributed by atoms with Gasteiger partial charge in [0.05, 0.1) is 21.6 Å². The van der Waals surface area contributed by atoms with E-state index in [9.17, 15) is 13.3 Å². The first-order valence-electron chi connectivity index (χ1n) is 5.75. The number of nitrogens with zero attached hydrogens (tertiary/aromatic N) is 2. The molecule has 6 nitrogen and oxygen atoms in total. The third-order valence-electron chi connectivity index (χ3n) is 2.75. The molecule has 20 heavy (non-hydrogen) atoms. The molecule has 0 aromatic heterocycles. The summed E-state index contributed by atoms with van der Waals surface area (Å²) in [5, 5.41) is 9.11. The van der Waals surface area contributed by atoms with Crippen LogP contribution in [-0.4, -0.2) is 8.42 Å². The molecule has 0 bridgehead atoms. The van der Waals surface area contributed by atoms with Crippen LogP contribution < -0.4 is 10.1 Å². The monoisotopic (exact) mass is 291 g/mol. The van der Waals surface area contributed by atoms with Gasteiger partial charge < -0.3 is 0 Å². The summed E-state index contributed by atoms with van der Waals surface area (Å²) in [5.74, 6) is 0. The third-order valence-corrected chi connectivity index (χ3v) is 3.66. The topological polar surface area (TPSA) is 92.8 Å². The Morgan fingerprint density at radius 3 is 2.25 bits per heavy atom. The minimum Gasteiger partial charge on any atom is -0.225 e. The van der Waals surface area contributed by atoms with E-state index in [2.05, 4.69) is 5.29 Å². The second-order valence-corrected chi connectivity index (χ2v) is 5.83. The van der Waals surface area contributed by atoms with E-state index in [1.54, 1.807) is 18.2 Å². The van der Waals surface area contributed by atoms with Crippen LogP contribution in [0.15, 0.2) is 58.7 Å². The smallest absolute Gasteiger partial charge is 0.225 e. The first kappa shape index (κ1) is 14.2. The Bertz CT molecular complexity index is 727. The lowest BCUT2D eigenvalue weighted by Gasteiger charge is -2.16. The maximum Gasteiger partial charge on any atom is 0.238 e. The van der Waals surface area contributed by atoms with Crippen LogP contribution in [0.3, 0.4) is 0 Å². The number of sulfonamides is 1. The molecule has 0 radical (unpaired) electrons. The van der Waals surface area contributed by atoms with Crippen LogP contribution in [-0.2, 0) is 10.0 Å². The molecular formula is C13H13N3O3S. The van der Waals surface area contributed by atoms with Crippen LogP contribution in [0.1, 0.15) is 5.56 Å². The molecule has 0 saturated carbocycles. The van der Waals surface area contributed by atoms with E-state index in [1.165, 1.54) is 18.2 Å². The molecular weight excluding hydrogens is 278 g/mol. The minimum atomic E-state index is -3.83. The summed E-state index contributed by atoms with van der Waals surface area (Å²) in [6.45, 7) is 1.92. The van der Waals surface area contributed by atoms with Crippen molar-refractivity contribution >= 4 is 21.4 Å². The van der Waals surface area contributed by atoms with Gasteiger partial charge in [-0.25, -0.2) is 13.6 Å². The summed E-state index contributed by atoms with van der Waals surface area (Å²) in [5.41, 5.74) is 1.91. The number of rotatable bonds is 4. The highest BCUT2D eigenvalue weighted by atomic mass is 32.2. The number of aryl methyl sites for hydroxylation is 1. The Morgan fingerprint density at radius 2 is 1.70 bits per heavy atom. The number of anilines is 2. The molecule has 0 atom stereocenters. The van der Waals surface area contributed by atoms with Crippen molar-refractivity contribution in [3.05, 3.63) is 59.0 Å². The molecule has 2 aromatic rings. The molecule has 0 amide bonds. The summed E-state index contributed by atoms with van der Waals surface area (Å²) in [6.07, 6.45) is 0. The molecule has 0 aliphatic rings. The van der Waals surface area contributed by atoms with Gasteiger partial charge in [0, 0.05) is 0 Å². The van der Waals surface area contributed by atoms with Gasteiger partial charge in [-0.1, -0.05) is 23.8 Å². The van der Waals surface area contributed by atoms with Crippen LogP contribution in [0.5, 0.6) is 0 Å². The fraction of sp³-hybridized carbons (Fsp3) is 0.0769. The lowest BCUT2D eigenvalue weighted by atomic mass is 10.2. The van der Waals surface area contributed by atoms with Gasteiger partial charge in [0.15, 0.2) is 0 Å². The largest absolute Gasteiger partial charge is 0.238 e. The predicted octanol–water partition coefficient (Wildman–Crippen LogP) is 2.46. The predicted molar refractivity (Wildman–Crippen MR) is 76.9 cm³/mol. The molecule has 7 heteroatoms. The van der Waals surface area contributed by atoms with Crippen molar-refractivity contribution in [3.8, 4) is 0 Å². The Labute approximate surface area is 116 Å². The first-order valence-corrected chi connectivity index (χ1v) is 7.29. The van der Waals surface area contributed by atoms with Crippen molar-refractivity contribution in [2.24, 2.45) is 10.4 Å². The summed E-state index contributed by atoms with van der Waals surface area (Å²) >= 11 is 0. The Kier molecular flexibility index (Phi) is 3.82. The normalized spacial score (nSPS) is 11.1. The third kappa shape index (κ3) is 3.01. The molecule has 104 valence electrons. The number of primary sulfonamides is 1. The van der Waals surface area contributed by atoms with E-state index < -0.39 is 10.0 Å². The molecule has 0 aliphatic carbocycles. The Morgan fingerprint density at radius 1 is 1.05 bits per heavy atom. The zero-order chi connectivity index (χ0) is 14.8. The standard InChI is InChI=1S/C13H13N3O3S/c1-10-5-7-11(8-6-10)16(15-17)12-3-2-4-13(9-12)20(14,18)19/h2-9H,1H3,(H2,14,18,19). The number of nitroso groups, excluding NO2 is 1. The van der Waals surface area contributed by atoms with Crippen molar-refractivity contribution in [1.82, 2.24) is 0 Å². The zero-order valence-electron chi connectivity index (χ0n) is 10.7. The average Bonchev–Trinajstić information content (AvgIpc) is 2.41. The van der Waals surface area contributed by atoms with Crippen molar-refractivity contribution < 1.29 is 8.42 Å². The van der Waals surface area contributed by atoms with Gasteiger partial charge in [0.25, 0.3) is 0 Å². The van der Waals surface area contributed by atoms with E-state index in [1.807, 2.05) is 19.1 Å². The summed E-state index contributed by atoms with van der Waals surface area (Å²) < 4.78 is 22.7. The van der Waals surface area contributed by atoms with Crippen LogP contribution in [0.2, 0.25) is 0 Å². The van der Waals surface area contributed by atoms with Gasteiger partial charge in [0.1, 0.15) is 0 Å². The van der Waals surface area contributed by atoms with Gasteiger partial charge in [-0.15, -0.1) is 4.91 Å². The number of hydrogen-bond acceptors (Lipinski definition) is 4. The van der Waals surface area contributed by atoms with Crippen molar-refractivity contribution in [3.63, 3.8) is 0 Å². The van der Waals surface area contributed by atoms with E-state index in [-0.39, 0.29) is 4.90 Å². The molecule has 0 unspecified atom stereocenters. The highest BCUT2D eigenvalue weighted by Crippen LogP contribution is 2.27. The van der Waals surface area contributed by atoms with Crippen LogP contribution in [0, 0.1) is 11.8 Å². The summed E-state index contributed by atoms with van der Waals surface area (Å²) in [7, 11) is -3.83. The summed E-state index contributed by atoms with van der Waals surface area (Å²) in [4.78, 5) is 11.0. The van der Waals surface area contributed by atoms with Crippen LogP contribution >= 0.6 is 0 Å². The zero-order valence-corrected chi connectivity index (χ0v) is 11.5. The van der Waals surface area contributed by atoms with E-state index in [0.29, 0.717) is 11.4 Å². The van der Waals surface area contributed by atoms with Crippen LogP contribution in [0.4, 0.5) is 11.4 Å². The average molecular weight is 291 g/mol. The van der Waals surface area contributed by atoms with E-state index >= 15 is 0 Å². The molecule has 0 aliphatic heterocycles. The van der Waals surface area contributed by atoms with Gasteiger partial charge >= 0.3 is 0 Å². The SMILES string of the molecule is Cc1ccc(N(N=O)c2cccc(S(N)(=O)=O)c2)cc1. The highest BCUT2D eigenvalue weighted by Gasteiger charge is 2.13. The number of nitrogens with two attached hydrogens (primary N) is 1. The molecule has 0 fully saturated rings. The second-order valence-electron chi connectivity index (χ2n) is 4.27. The lowest BCUT2D eigenvalue weighted by Crippen LogP contribution is -2.13. The lowest BCUT2D eigenvalue weighted by molar-refractivity contribution is 0.598. The molecule has 0 saturated heterocycles. The van der Waals surface area contributed by atoms with Crippen molar-refractivity contribution in [1.29, 1.82) is 0 Å². The first-order chi connectivity index (χ1) is 9.41. The van der Waals surface area contributed by atoms with Gasteiger partial charge in [-0.2, -0.15) is 5.01 Å². The van der Waals surface area contributed by atoms with Gasteiger partial charge in [-0.3, -0.25) is 0 Å². The molecule has 2 rings (SSSR count). The maximum absolute atomic E-state index is 11.3. The van der Waals surface area contributed by atoms with Crippen molar-refractivity contribution in [2.75, 3.05) is 5.01 Å². The fourth-order valence-corrected chi connectivity index (χ4v) is 2.27. The Hall–Kier alpha value is -2.25. The molecule has 2 N–H and O–H groups in total. The second kappa shape index (κ2) is 5.40. The van der Waals surface area contributed by atoms with Crippen molar-refractivity contribution in [2.45, 2.75) is 11.8 Å². The van der Waals surface area contributed by atoms with Gasteiger partial charge in [0.2, 0.25) is 10.0 Å². The fourth-order valence-electron chi connectivity index (χ4n) is 1.72. The van der Waals surface area contributed by atoms with Crippen LogP contribution in [0.25, 0.3) is 0 Å². The number of benzene rings is 2. The quantitative estimate of drug-likeness (QED) is 0.691. The molecule has 2 aromatic carbocycles. The summed E-state index contributed by atoms with van der Waals surface area (Å²) in [6, 6.07) is 12.8. The minimum absolute atomic E-state index is 0.0734.